The van der Waals surface area contributed by atoms with Crippen molar-refractivity contribution < 1.29 is 14.2 Å². The highest BCUT2D eigenvalue weighted by molar-refractivity contribution is 14.1. The molecule has 0 spiro atoms. The van der Waals surface area contributed by atoms with Gasteiger partial charge in [-0.2, -0.15) is 0 Å². The van der Waals surface area contributed by atoms with Crippen LogP contribution in [0.25, 0.3) is 0 Å². The maximum atomic E-state index is 5.65. The van der Waals surface area contributed by atoms with Crippen LogP contribution in [0.4, 0.5) is 5.69 Å². The normalized spacial score (nSPS) is 12.9. The zero-order chi connectivity index (χ0) is 14.7. The van der Waals surface area contributed by atoms with Crippen LogP contribution in [0.3, 0.4) is 0 Å². The Kier molecular flexibility index (Phi) is 4.38. The molecule has 5 heteroatoms. The Bertz CT molecular complexity index is 628. The molecule has 3 rings (SSSR count). The van der Waals surface area contributed by atoms with E-state index in [9.17, 15) is 0 Å². The number of nitrogens with one attached hydrogen (secondary N) is 1. The SMILES string of the molecule is COc1cc(CNc2ccccc2I)cc2c1OCCO2. The molecule has 0 aromatic heterocycles. The van der Waals surface area contributed by atoms with Crippen molar-refractivity contribution in [2.24, 2.45) is 0 Å². The largest absolute Gasteiger partial charge is 0.493 e. The second-order valence-electron chi connectivity index (χ2n) is 4.66. The van der Waals surface area contributed by atoms with Crippen LogP contribution in [0, 0.1) is 3.57 Å². The molecule has 110 valence electrons. The van der Waals surface area contributed by atoms with E-state index >= 15 is 0 Å². The molecule has 0 fully saturated rings. The number of benzene rings is 2. The van der Waals surface area contributed by atoms with Gasteiger partial charge in [-0.15, -0.1) is 0 Å². The molecule has 1 aliphatic rings. The first-order chi connectivity index (χ1) is 10.3. The van der Waals surface area contributed by atoms with Crippen LogP contribution in [0.15, 0.2) is 36.4 Å². The Morgan fingerprint density at radius 1 is 1.19 bits per heavy atom. The number of para-hydroxylation sites is 1. The molecule has 0 radical (unpaired) electrons. The third kappa shape index (κ3) is 3.18. The summed E-state index contributed by atoms with van der Waals surface area (Å²) in [7, 11) is 1.64. The first-order valence-corrected chi connectivity index (χ1v) is 7.80. The van der Waals surface area contributed by atoms with Gasteiger partial charge in [0.15, 0.2) is 11.5 Å². The summed E-state index contributed by atoms with van der Waals surface area (Å²) in [6, 6.07) is 12.2. The summed E-state index contributed by atoms with van der Waals surface area (Å²) in [5.41, 5.74) is 2.21. The minimum absolute atomic E-state index is 0.559. The van der Waals surface area contributed by atoms with Gasteiger partial charge in [-0.25, -0.2) is 0 Å². The average molecular weight is 397 g/mol. The number of anilines is 1. The Balaban J connectivity index is 1.81. The van der Waals surface area contributed by atoms with E-state index in [1.54, 1.807) is 7.11 Å². The van der Waals surface area contributed by atoms with Gasteiger partial charge in [-0.3, -0.25) is 0 Å². The Morgan fingerprint density at radius 3 is 2.81 bits per heavy atom. The molecule has 1 aliphatic heterocycles. The molecule has 1 heterocycles. The predicted molar refractivity (Wildman–Crippen MR) is 90.5 cm³/mol. The number of methoxy groups -OCH3 is 1. The van der Waals surface area contributed by atoms with E-state index in [1.807, 2.05) is 24.3 Å². The van der Waals surface area contributed by atoms with Gasteiger partial charge in [0.2, 0.25) is 5.75 Å². The van der Waals surface area contributed by atoms with Crippen LogP contribution in [-0.4, -0.2) is 20.3 Å². The molecule has 0 aliphatic carbocycles. The van der Waals surface area contributed by atoms with Crippen LogP contribution in [-0.2, 0) is 6.54 Å². The topological polar surface area (TPSA) is 39.7 Å². The van der Waals surface area contributed by atoms with Crippen molar-refractivity contribution in [2.75, 3.05) is 25.6 Å². The highest BCUT2D eigenvalue weighted by Crippen LogP contribution is 2.40. The van der Waals surface area contributed by atoms with Gasteiger partial charge in [0, 0.05) is 15.8 Å². The van der Waals surface area contributed by atoms with E-state index in [1.165, 1.54) is 3.57 Å². The van der Waals surface area contributed by atoms with E-state index in [2.05, 4.69) is 40.0 Å². The van der Waals surface area contributed by atoms with Gasteiger partial charge in [0.1, 0.15) is 13.2 Å². The van der Waals surface area contributed by atoms with Crippen LogP contribution in [0.2, 0.25) is 0 Å². The van der Waals surface area contributed by atoms with Gasteiger partial charge < -0.3 is 19.5 Å². The van der Waals surface area contributed by atoms with Crippen molar-refractivity contribution in [2.45, 2.75) is 6.54 Å². The van der Waals surface area contributed by atoms with E-state index < -0.39 is 0 Å². The van der Waals surface area contributed by atoms with Crippen molar-refractivity contribution in [3.05, 3.63) is 45.5 Å². The third-order valence-corrected chi connectivity index (χ3v) is 4.19. The summed E-state index contributed by atoms with van der Waals surface area (Å²) >= 11 is 2.32. The van der Waals surface area contributed by atoms with Crippen molar-refractivity contribution in [3.63, 3.8) is 0 Å². The molecule has 1 N–H and O–H groups in total. The lowest BCUT2D eigenvalue weighted by Gasteiger charge is -2.21. The minimum Gasteiger partial charge on any atom is -0.493 e. The number of ether oxygens (including phenoxy) is 3. The van der Waals surface area contributed by atoms with Crippen LogP contribution < -0.4 is 19.5 Å². The second kappa shape index (κ2) is 6.43. The molecule has 2 aromatic rings. The fourth-order valence-electron chi connectivity index (χ4n) is 2.23. The van der Waals surface area contributed by atoms with Crippen molar-refractivity contribution in [3.8, 4) is 17.2 Å². The van der Waals surface area contributed by atoms with Crippen LogP contribution in [0.1, 0.15) is 5.56 Å². The lowest BCUT2D eigenvalue weighted by molar-refractivity contribution is 0.165. The first-order valence-electron chi connectivity index (χ1n) is 6.73. The second-order valence-corrected chi connectivity index (χ2v) is 5.82. The Morgan fingerprint density at radius 2 is 2.00 bits per heavy atom. The lowest BCUT2D eigenvalue weighted by Crippen LogP contribution is -2.16. The predicted octanol–water partition coefficient (Wildman–Crippen LogP) is 3.68. The molecule has 4 nitrogen and oxygen atoms in total. The summed E-state index contributed by atoms with van der Waals surface area (Å²) in [6.07, 6.45) is 0. The number of hydrogen-bond donors (Lipinski definition) is 1. The van der Waals surface area contributed by atoms with Crippen molar-refractivity contribution in [1.29, 1.82) is 0 Å². The summed E-state index contributed by atoms with van der Waals surface area (Å²) in [6.45, 7) is 1.83. The maximum Gasteiger partial charge on any atom is 0.203 e. The van der Waals surface area contributed by atoms with Crippen molar-refractivity contribution >= 4 is 28.3 Å². The highest BCUT2D eigenvalue weighted by Gasteiger charge is 2.18. The molecule has 21 heavy (non-hydrogen) atoms. The summed E-state index contributed by atoms with van der Waals surface area (Å²) in [5.74, 6) is 2.16. The standard InChI is InChI=1S/C16H16INO3/c1-19-14-8-11(9-15-16(14)21-7-6-20-15)10-18-13-5-3-2-4-12(13)17/h2-5,8-9,18H,6-7,10H2,1H3. The molecule has 0 saturated heterocycles. The van der Waals surface area contributed by atoms with Crippen LogP contribution >= 0.6 is 22.6 Å². The molecular formula is C16H16INO3. The van der Waals surface area contributed by atoms with Gasteiger partial charge in [0.25, 0.3) is 0 Å². The Hall–Kier alpha value is -1.63. The van der Waals surface area contributed by atoms with Gasteiger partial charge in [0.05, 0.1) is 7.11 Å². The van der Waals surface area contributed by atoms with E-state index in [4.69, 9.17) is 14.2 Å². The number of halogens is 1. The number of hydrogen-bond acceptors (Lipinski definition) is 4. The van der Waals surface area contributed by atoms with E-state index in [-0.39, 0.29) is 0 Å². The van der Waals surface area contributed by atoms with Crippen LogP contribution in [0.5, 0.6) is 17.2 Å². The highest BCUT2D eigenvalue weighted by atomic mass is 127. The minimum atomic E-state index is 0.559. The number of fused-ring (bicyclic) bond motifs is 1. The summed E-state index contributed by atoms with van der Waals surface area (Å²) < 4.78 is 17.8. The maximum absolute atomic E-state index is 5.65. The van der Waals surface area contributed by atoms with Crippen molar-refractivity contribution in [1.82, 2.24) is 0 Å². The fraction of sp³-hybridized carbons (Fsp3) is 0.250. The zero-order valence-corrected chi connectivity index (χ0v) is 13.8. The third-order valence-electron chi connectivity index (χ3n) is 3.24. The van der Waals surface area contributed by atoms with E-state index in [0.29, 0.717) is 31.3 Å². The zero-order valence-electron chi connectivity index (χ0n) is 11.7. The van der Waals surface area contributed by atoms with E-state index in [0.717, 1.165) is 17.0 Å². The van der Waals surface area contributed by atoms with Gasteiger partial charge >= 0.3 is 0 Å². The molecular weight excluding hydrogens is 381 g/mol. The molecule has 0 bridgehead atoms. The quantitative estimate of drug-likeness (QED) is 0.800. The number of rotatable bonds is 4. The summed E-state index contributed by atoms with van der Waals surface area (Å²) in [4.78, 5) is 0. The monoisotopic (exact) mass is 397 g/mol. The molecule has 0 amide bonds. The van der Waals surface area contributed by atoms with Gasteiger partial charge in [-0.05, 0) is 52.4 Å². The molecule has 0 saturated carbocycles. The first kappa shape index (κ1) is 14.3. The smallest absolute Gasteiger partial charge is 0.203 e. The lowest BCUT2D eigenvalue weighted by atomic mass is 10.1. The Labute approximate surface area is 137 Å². The van der Waals surface area contributed by atoms with Gasteiger partial charge in [-0.1, -0.05) is 12.1 Å². The molecule has 2 aromatic carbocycles. The summed E-state index contributed by atoms with van der Waals surface area (Å²) in [5, 5.41) is 3.43. The average Bonchev–Trinajstić information content (AvgIpc) is 2.53. The fourth-order valence-corrected chi connectivity index (χ4v) is 2.81. The molecule has 0 atom stereocenters. The molecule has 0 unspecified atom stereocenters.